The lowest BCUT2D eigenvalue weighted by molar-refractivity contribution is 0.488. The molecule has 5 aromatic carbocycles. The van der Waals surface area contributed by atoms with E-state index >= 15 is 0 Å². The monoisotopic (exact) mass is 449 g/mol. The number of hydrogen-bond donors (Lipinski definition) is 0. The molecule has 1 aromatic heterocycles. The molecule has 8 rings (SSSR count). The molecule has 0 atom stereocenters. The zero-order valence-electron chi connectivity index (χ0n) is 20.1. The van der Waals surface area contributed by atoms with Gasteiger partial charge in [-0.05, 0) is 56.3 Å². The highest BCUT2D eigenvalue weighted by atomic mass is 16.5. The van der Waals surface area contributed by atoms with Gasteiger partial charge in [0, 0.05) is 22.0 Å². The fourth-order valence-electron chi connectivity index (χ4n) is 6.56. The molecule has 0 amide bonds. The highest BCUT2D eigenvalue weighted by Crippen LogP contribution is 2.41. The van der Waals surface area contributed by atoms with Gasteiger partial charge in [-0.3, -0.25) is 0 Å². The van der Waals surface area contributed by atoms with Gasteiger partial charge in [-0.15, -0.1) is 0 Å². The molecule has 3 heterocycles. The number of benzene rings is 5. The number of ether oxygens (including phenoxy) is 1. The van der Waals surface area contributed by atoms with Crippen molar-refractivity contribution in [2.75, 3.05) is 0 Å². The van der Waals surface area contributed by atoms with Crippen molar-refractivity contribution in [2.45, 2.75) is 26.2 Å². The second-order valence-electron chi connectivity index (χ2n) is 11.0. The molecule has 0 N–H and O–H groups in total. The van der Waals surface area contributed by atoms with E-state index in [1.807, 2.05) is 0 Å². The van der Waals surface area contributed by atoms with Crippen molar-refractivity contribution in [3.63, 3.8) is 0 Å². The average molecular weight is 449 g/mol. The van der Waals surface area contributed by atoms with Crippen LogP contribution < -0.4 is 21.1 Å². The molecule has 0 unspecified atom stereocenters. The summed E-state index contributed by atoms with van der Waals surface area (Å²) in [6.45, 7) is 7.07. The van der Waals surface area contributed by atoms with E-state index in [0.29, 0.717) is 0 Å². The van der Waals surface area contributed by atoms with E-state index in [1.54, 1.807) is 0 Å². The lowest BCUT2D eigenvalue weighted by Gasteiger charge is -2.34. The van der Waals surface area contributed by atoms with E-state index in [2.05, 4.69) is 116 Å². The lowest BCUT2D eigenvalue weighted by Crippen LogP contribution is -2.58. The second kappa shape index (κ2) is 6.37. The van der Waals surface area contributed by atoms with E-state index < -0.39 is 0 Å². The van der Waals surface area contributed by atoms with Crippen molar-refractivity contribution in [1.82, 2.24) is 4.57 Å². The van der Waals surface area contributed by atoms with Gasteiger partial charge in [0.2, 0.25) is 0 Å². The predicted octanol–water partition coefficient (Wildman–Crippen LogP) is 6.17. The molecule has 166 valence electrons. The van der Waals surface area contributed by atoms with Crippen molar-refractivity contribution in [1.29, 1.82) is 0 Å². The van der Waals surface area contributed by atoms with Crippen LogP contribution in [0.4, 0.5) is 0 Å². The van der Waals surface area contributed by atoms with Crippen LogP contribution in [0.2, 0.25) is 0 Å². The van der Waals surface area contributed by atoms with Gasteiger partial charge in [0.25, 0.3) is 6.71 Å². The summed E-state index contributed by atoms with van der Waals surface area (Å²) in [5.74, 6) is 1.93. The topological polar surface area (TPSA) is 14.2 Å². The van der Waals surface area contributed by atoms with Gasteiger partial charge in [-0.25, -0.2) is 0 Å². The first-order valence-corrected chi connectivity index (χ1v) is 12.4. The quantitative estimate of drug-likeness (QED) is 0.253. The zero-order chi connectivity index (χ0) is 23.5. The van der Waals surface area contributed by atoms with Crippen LogP contribution in [0, 0.1) is 0 Å². The molecular weight excluding hydrogens is 425 g/mol. The van der Waals surface area contributed by atoms with Crippen molar-refractivity contribution in [3.05, 3.63) is 96.6 Å². The first kappa shape index (κ1) is 19.3. The molecule has 6 aromatic rings. The van der Waals surface area contributed by atoms with E-state index in [9.17, 15) is 0 Å². The fraction of sp³-hybridized carbons (Fsp3) is 0.125. The van der Waals surface area contributed by atoms with Crippen LogP contribution in [0.1, 0.15) is 26.3 Å². The number of hydrogen-bond acceptors (Lipinski definition) is 1. The number of para-hydroxylation sites is 2. The minimum atomic E-state index is 0.0263. The van der Waals surface area contributed by atoms with Crippen molar-refractivity contribution >= 4 is 55.7 Å². The Morgan fingerprint density at radius 1 is 0.629 bits per heavy atom. The first-order valence-electron chi connectivity index (χ1n) is 12.4. The van der Waals surface area contributed by atoms with Crippen molar-refractivity contribution in [3.8, 4) is 17.2 Å². The molecule has 3 heteroatoms. The highest BCUT2D eigenvalue weighted by molar-refractivity contribution is 7.00. The van der Waals surface area contributed by atoms with Crippen LogP contribution in [0.5, 0.6) is 11.5 Å². The third-order valence-corrected chi connectivity index (χ3v) is 7.97. The van der Waals surface area contributed by atoms with E-state index in [4.69, 9.17) is 4.74 Å². The van der Waals surface area contributed by atoms with Gasteiger partial charge in [-0.1, -0.05) is 93.6 Å². The standard InChI is InChI=1S/C32H24BNO/c1-32(2,3)23-13-6-11-21-22-12-7-14-24-31(22)34(30(21)23)25-15-8-16-26-29(25)33(24)28-20-10-5-4-9-19(20)17-18-27(28)35-26/h4-18H,1-3H3. The van der Waals surface area contributed by atoms with E-state index in [1.165, 1.54) is 60.2 Å². The molecule has 2 aliphatic rings. The largest absolute Gasteiger partial charge is 0.458 e. The summed E-state index contributed by atoms with van der Waals surface area (Å²) < 4.78 is 9.14. The maximum Gasteiger partial charge on any atom is 0.257 e. The van der Waals surface area contributed by atoms with E-state index in [-0.39, 0.29) is 12.1 Å². The van der Waals surface area contributed by atoms with Crippen LogP contribution in [-0.4, -0.2) is 11.3 Å². The molecule has 2 nitrogen and oxygen atoms in total. The molecule has 0 radical (unpaired) electrons. The molecule has 2 aliphatic heterocycles. The Bertz CT molecular complexity index is 1870. The Balaban J connectivity index is 1.61. The molecule has 0 fully saturated rings. The smallest absolute Gasteiger partial charge is 0.257 e. The fourth-order valence-corrected chi connectivity index (χ4v) is 6.56. The van der Waals surface area contributed by atoms with Crippen molar-refractivity contribution in [2.24, 2.45) is 0 Å². The van der Waals surface area contributed by atoms with Gasteiger partial charge >= 0.3 is 0 Å². The summed E-state index contributed by atoms with van der Waals surface area (Å²) in [6, 6.07) is 33.2. The summed E-state index contributed by atoms with van der Waals surface area (Å²) in [7, 11) is 0. The minimum absolute atomic E-state index is 0.0263. The van der Waals surface area contributed by atoms with Crippen LogP contribution >= 0.6 is 0 Å². The molecular formula is C32H24BNO. The second-order valence-corrected chi connectivity index (χ2v) is 11.0. The third-order valence-electron chi connectivity index (χ3n) is 7.97. The summed E-state index contributed by atoms with van der Waals surface area (Å²) in [5, 5.41) is 5.18. The third kappa shape index (κ3) is 2.36. The maximum atomic E-state index is 6.62. The highest BCUT2D eigenvalue weighted by Gasteiger charge is 2.41. The number of aromatic nitrogens is 1. The summed E-state index contributed by atoms with van der Waals surface area (Å²) in [4.78, 5) is 0. The van der Waals surface area contributed by atoms with Crippen LogP contribution in [0.25, 0.3) is 38.3 Å². The number of fused-ring (bicyclic) bond motifs is 9. The van der Waals surface area contributed by atoms with E-state index in [0.717, 1.165) is 11.5 Å². The van der Waals surface area contributed by atoms with Crippen molar-refractivity contribution < 1.29 is 4.74 Å². The zero-order valence-corrected chi connectivity index (χ0v) is 20.1. The molecule has 0 saturated heterocycles. The molecule has 0 aliphatic carbocycles. The Hall–Kier alpha value is -3.98. The van der Waals surface area contributed by atoms with Gasteiger partial charge in [-0.2, -0.15) is 0 Å². The first-order chi connectivity index (χ1) is 17.0. The summed E-state index contributed by atoms with van der Waals surface area (Å²) in [5.41, 5.74) is 9.20. The summed E-state index contributed by atoms with van der Waals surface area (Å²) >= 11 is 0. The maximum absolute atomic E-state index is 6.62. The van der Waals surface area contributed by atoms with Gasteiger partial charge < -0.3 is 9.30 Å². The number of rotatable bonds is 0. The SMILES string of the molecule is CC(C)(C)c1cccc2c3cccc4c3n(c12)-c1cccc2c1B4c1c(ccc3ccccc13)O2. The average Bonchev–Trinajstić information content (AvgIpc) is 3.21. The Kier molecular flexibility index (Phi) is 3.52. The molecule has 35 heavy (non-hydrogen) atoms. The van der Waals surface area contributed by atoms with Crippen LogP contribution in [-0.2, 0) is 5.41 Å². The summed E-state index contributed by atoms with van der Waals surface area (Å²) in [6.07, 6.45) is 0. The van der Waals surface area contributed by atoms with Gasteiger partial charge in [0.15, 0.2) is 0 Å². The normalized spacial score (nSPS) is 13.7. The van der Waals surface area contributed by atoms with Crippen LogP contribution in [0.3, 0.4) is 0 Å². The van der Waals surface area contributed by atoms with Crippen LogP contribution in [0.15, 0.2) is 91.0 Å². The minimum Gasteiger partial charge on any atom is -0.458 e. The molecule has 0 bridgehead atoms. The Morgan fingerprint density at radius 2 is 1.34 bits per heavy atom. The number of nitrogens with zero attached hydrogens (tertiary/aromatic N) is 1. The van der Waals surface area contributed by atoms with Gasteiger partial charge in [0.05, 0.1) is 5.52 Å². The lowest BCUT2D eigenvalue weighted by atomic mass is 9.34. The molecule has 0 spiro atoms. The Labute approximate surface area is 204 Å². The molecule has 0 saturated carbocycles. The van der Waals surface area contributed by atoms with Gasteiger partial charge in [0.1, 0.15) is 11.5 Å². The predicted molar refractivity (Wildman–Crippen MR) is 148 cm³/mol. The Morgan fingerprint density at radius 3 is 2.20 bits per heavy atom.